The summed E-state index contributed by atoms with van der Waals surface area (Å²) in [5.41, 5.74) is 0.179. The number of carboxylic acid groups (broad SMARTS) is 1. The molecule has 0 aliphatic carbocycles. The van der Waals surface area contributed by atoms with E-state index >= 15 is 0 Å². The van der Waals surface area contributed by atoms with Crippen molar-refractivity contribution in [3.8, 4) is 5.75 Å². The molecule has 0 unspecified atom stereocenters. The number of benzene rings is 1. The van der Waals surface area contributed by atoms with Crippen molar-refractivity contribution in [2.45, 2.75) is 6.54 Å². The van der Waals surface area contributed by atoms with Gasteiger partial charge in [-0.05, 0) is 12.1 Å². The Morgan fingerprint density at radius 1 is 1.39 bits per heavy atom. The maximum atomic E-state index is 10.9. The Bertz CT molecular complexity index is 500. The molecule has 0 radical (unpaired) electrons. The first-order chi connectivity index (χ1) is 8.27. The van der Waals surface area contributed by atoms with Gasteiger partial charge in [-0.3, -0.25) is 0 Å². The van der Waals surface area contributed by atoms with Crippen molar-refractivity contribution < 1.29 is 14.6 Å². The van der Waals surface area contributed by atoms with Crippen molar-refractivity contribution in [3.05, 3.63) is 48.5 Å². The van der Waals surface area contributed by atoms with Gasteiger partial charge < -0.3 is 14.4 Å². The Morgan fingerprint density at radius 3 is 2.83 bits per heavy atom. The van der Waals surface area contributed by atoms with Crippen molar-refractivity contribution in [3.63, 3.8) is 0 Å². The summed E-state index contributed by atoms with van der Waals surface area (Å²) in [6, 6.07) is 6.59. The minimum absolute atomic E-state index is 0. The predicted octanol–water partition coefficient (Wildman–Crippen LogP) is 2.08. The molecule has 0 atom stereocenters. The first-order valence-electron chi connectivity index (χ1n) is 5.18. The largest absolute Gasteiger partial charge is 0.491 e. The number of ether oxygens (including phenoxy) is 1. The van der Waals surface area contributed by atoms with E-state index in [4.69, 9.17) is 9.84 Å². The van der Waals surface area contributed by atoms with Crippen LogP contribution >= 0.6 is 12.4 Å². The van der Waals surface area contributed by atoms with E-state index in [1.807, 2.05) is 10.8 Å². The van der Waals surface area contributed by atoms with Crippen LogP contribution in [-0.2, 0) is 6.54 Å². The molecule has 5 nitrogen and oxygen atoms in total. The van der Waals surface area contributed by atoms with Gasteiger partial charge in [0.25, 0.3) is 0 Å². The van der Waals surface area contributed by atoms with Gasteiger partial charge in [-0.1, -0.05) is 12.1 Å². The van der Waals surface area contributed by atoms with Gasteiger partial charge in [-0.25, -0.2) is 9.78 Å². The van der Waals surface area contributed by atoms with Crippen LogP contribution in [0.3, 0.4) is 0 Å². The molecule has 0 bridgehead atoms. The smallest absolute Gasteiger partial charge is 0.339 e. The van der Waals surface area contributed by atoms with Crippen LogP contribution in [0.4, 0.5) is 0 Å². The number of hydrogen-bond donors (Lipinski definition) is 1. The third kappa shape index (κ3) is 3.49. The number of aromatic carboxylic acids is 1. The van der Waals surface area contributed by atoms with Crippen molar-refractivity contribution in [1.29, 1.82) is 0 Å². The molecule has 0 fully saturated rings. The molecule has 0 aliphatic heterocycles. The second kappa shape index (κ2) is 6.66. The minimum atomic E-state index is -0.983. The van der Waals surface area contributed by atoms with E-state index < -0.39 is 5.97 Å². The molecule has 0 aliphatic rings. The van der Waals surface area contributed by atoms with Crippen LogP contribution < -0.4 is 4.74 Å². The first kappa shape index (κ1) is 14.1. The lowest BCUT2D eigenvalue weighted by molar-refractivity contribution is 0.0692. The topological polar surface area (TPSA) is 64.3 Å². The summed E-state index contributed by atoms with van der Waals surface area (Å²) in [6.45, 7) is 1.04. The van der Waals surface area contributed by atoms with Gasteiger partial charge in [0.15, 0.2) is 0 Å². The van der Waals surface area contributed by atoms with Crippen molar-refractivity contribution in [2.75, 3.05) is 6.61 Å². The van der Waals surface area contributed by atoms with Gasteiger partial charge in [-0.2, -0.15) is 0 Å². The van der Waals surface area contributed by atoms with Gasteiger partial charge in [0.05, 0.1) is 12.9 Å². The average Bonchev–Trinajstić information content (AvgIpc) is 2.82. The van der Waals surface area contributed by atoms with E-state index in [1.165, 1.54) is 6.07 Å². The van der Waals surface area contributed by atoms with Crippen molar-refractivity contribution >= 4 is 18.4 Å². The highest BCUT2D eigenvalue weighted by atomic mass is 35.5. The number of carbonyl (C=O) groups is 1. The molecule has 1 aromatic heterocycles. The summed E-state index contributed by atoms with van der Waals surface area (Å²) in [5, 5.41) is 8.95. The molecule has 6 heteroatoms. The Balaban J connectivity index is 0.00000162. The predicted molar refractivity (Wildman–Crippen MR) is 68.4 cm³/mol. The number of imidazole rings is 1. The molecule has 1 heterocycles. The van der Waals surface area contributed by atoms with E-state index in [1.54, 1.807) is 30.7 Å². The number of nitrogens with zero attached hydrogens (tertiary/aromatic N) is 2. The van der Waals surface area contributed by atoms with Crippen LogP contribution in [0.5, 0.6) is 5.75 Å². The maximum Gasteiger partial charge on any atom is 0.339 e. The Morgan fingerprint density at radius 2 is 2.17 bits per heavy atom. The van der Waals surface area contributed by atoms with Crippen LogP contribution in [0.15, 0.2) is 43.0 Å². The SMILES string of the molecule is Cl.O=C(O)c1ccccc1OCCn1ccnc1. The highest BCUT2D eigenvalue weighted by Gasteiger charge is 2.09. The number of aromatic nitrogens is 2. The normalized spacial score (nSPS) is 9.56. The van der Waals surface area contributed by atoms with Gasteiger partial charge >= 0.3 is 5.97 Å². The third-order valence-corrected chi connectivity index (χ3v) is 2.28. The Labute approximate surface area is 110 Å². The summed E-state index contributed by atoms with van der Waals surface area (Å²) in [5.74, 6) is -0.594. The molecule has 2 aromatic rings. The van der Waals surface area contributed by atoms with Crippen LogP contribution in [0.25, 0.3) is 0 Å². The second-order valence-electron chi connectivity index (χ2n) is 3.45. The van der Waals surface area contributed by atoms with Gasteiger partial charge in [0.2, 0.25) is 0 Å². The van der Waals surface area contributed by atoms with Crippen molar-refractivity contribution in [2.24, 2.45) is 0 Å². The molecule has 0 saturated heterocycles. The summed E-state index contributed by atoms with van der Waals surface area (Å²) >= 11 is 0. The Kier molecular flexibility index (Phi) is 5.20. The van der Waals surface area contributed by atoms with Gasteiger partial charge in [0, 0.05) is 12.4 Å². The zero-order valence-electron chi connectivity index (χ0n) is 9.52. The van der Waals surface area contributed by atoms with E-state index in [2.05, 4.69) is 4.98 Å². The number of halogens is 1. The summed E-state index contributed by atoms with van der Waals surface area (Å²) in [7, 11) is 0. The minimum Gasteiger partial charge on any atom is -0.491 e. The van der Waals surface area contributed by atoms with Crippen LogP contribution in [0, 0.1) is 0 Å². The fourth-order valence-corrected chi connectivity index (χ4v) is 1.45. The average molecular weight is 269 g/mol. The lowest BCUT2D eigenvalue weighted by Crippen LogP contribution is -2.09. The van der Waals surface area contributed by atoms with Crippen LogP contribution in [-0.4, -0.2) is 27.2 Å². The first-order valence-corrected chi connectivity index (χ1v) is 5.18. The van der Waals surface area contributed by atoms with Crippen LogP contribution in [0.1, 0.15) is 10.4 Å². The standard InChI is InChI=1S/C12H12N2O3.ClH/c15-12(16)10-3-1-2-4-11(10)17-8-7-14-6-5-13-9-14;/h1-6,9H,7-8H2,(H,15,16);1H. The lowest BCUT2D eigenvalue weighted by Gasteiger charge is -2.08. The zero-order chi connectivity index (χ0) is 12.1. The highest BCUT2D eigenvalue weighted by molar-refractivity contribution is 5.90. The van der Waals surface area contributed by atoms with Gasteiger partial charge in [0.1, 0.15) is 17.9 Å². The molecular weight excluding hydrogens is 256 g/mol. The maximum absolute atomic E-state index is 10.9. The molecule has 2 rings (SSSR count). The number of rotatable bonds is 5. The zero-order valence-corrected chi connectivity index (χ0v) is 10.3. The van der Waals surface area contributed by atoms with E-state index in [0.29, 0.717) is 18.9 Å². The quantitative estimate of drug-likeness (QED) is 0.902. The molecular formula is C12H13ClN2O3. The van der Waals surface area contributed by atoms with Crippen molar-refractivity contribution in [1.82, 2.24) is 9.55 Å². The molecule has 18 heavy (non-hydrogen) atoms. The lowest BCUT2D eigenvalue weighted by atomic mass is 10.2. The number of para-hydroxylation sites is 1. The molecule has 0 saturated carbocycles. The number of carboxylic acids is 1. The molecule has 1 aromatic carbocycles. The van der Waals surface area contributed by atoms with E-state index in [0.717, 1.165) is 0 Å². The molecule has 96 valence electrons. The summed E-state index contributed by atoms with van der Waals surface area (Å²) in [6.07, 6.45) is 5.20. The number of hydrogen-bond acceptors (Lipinski definition) is 3. The molecule has 1 N–H and O–H groups in total. The molecule has 0 amide bonds. The fourth-order valence-electron chi connectivity index (χ4n) is 1.45. The van der Waals surface area contributed by atoms with Gasteiger partial charge in [-0.15, -0.1) is 12.4 Å². The Hall–Kier alpha value is -2.01. The third-order valence-electron chi connectivity index (χ3n) is 2.28. The monoisotopic (exact) mass is 268 g/mol. The van der Waals surface area contributed by atoms with Crippen LogP contribution in [0.2, 0.25) is 0 Å². The molecule has 0 spiro atoms. The summed E-state index contributed by atoms with van der Waals surface area (Å²) < 4.78 is 7.31. The fraction of sp³-hybridized carbons (Fsp3) is 0.167. The van der Waals surface area contributed by atoms with E-state index in [9.17, 15) is 4.79 Å². The highest BCUT2D eigenvalue weighted by Crippen LogP contribution is 2.17. The second-order valence-corrected chi connectivity index (χ2v) is 3.45. The summed E-state index contributed by atoms with van der Waals surface area (Å²) in [4.78, 5) is 14.8. The van der Waals surface area contributed by atoms with E-state index in [-0.39, 0.29) is 18.0 Å².